The molecule has 0 spiro atoms. The van der Waals surface area contributed by atoms with Crippen molar-refractivity contribution in [1.82, 2.24) is 0 Å². The molecule has 0 aromatic carbocycles. The second kappa shape index (κ2) is 41.6. The quantitative estimate of drug-likeness (QED) is 0.0236. The van der Waals surface area contributed by atoms with E-state index in [1.807, 2.05) is 0 Å². The van der Waals surface area contributed by atoms with E-state index in [0.717, 1.165) is 83.5 Å². The summed E-state index contributed by atoms with van der Waals surface area (Å²) in [5.41, 5.74) is 0. The Hall–Kier alpha value is -2.59. The Kier molecular flexibility index (Phi) is 39.7. The summed E-state index contributed by atoms with van der Waals surface area (Å²) in [7, 11) is -4.63. The van der Waals surface area contributed by atoms with Crippen molar-refractivity contribution < 1.29 is 47.8 Å². The maximum Gasteiger partial charge on any atom is 0.472 e. The van der Waals surface area contributed by atoms with Gasteiger partial charge >= 0.3 is 19.8 Å². The van der Waals surface area contributed by atoms with Gasteiger partial charge in [0.1, 0.15) is 12.7 Å². The van der Waals surface area contributed by atoms with Gasteiger partial charge in [-0.3, -0.25) is 18.6 Å². The number of hydrogen-bond acceptors (Lipinski definition) is 9. The van der Waals surface area contributed by atoms with Gasteiger partial charge in [0.25, 0.3) is 0 Å². The Morgan fingerprint density at radius 2 is 0.912 bits per heavy atom. The molecule has 0 aliphatic carbocycles. The van der Waals surface area contributed by atoms with Crippen LogP contribution >= 0.6 is 7.82 Å². The van der Waals surface area contributed by atoms with Gasteiger partial charge in [-0.05, 0) is 89.9 Å². The van der Waals surface area contributed by atoms with Gasteiger partial charge in [0.05, 0.1) is 19.8 Å². The molecule has 0 amide bonds. The third-order valence-corrected chi connectivity index (χ3v) is 9.78. The summed E-state index contributed by atoms with van der Waals surface area (Å²) in [5, 5.41) is 18.3. The fraction of sp³-hybridized carbons (Fsp3) is 0.696. The molecule has 3 N–H and O–H groups in total. The van der Waals surface area contributed by atoms with E-state index >= 15 is 0 Å². The highest BCUT2D eigenvalue weighted by Gasteiger charge is 2.27. The molecular formula is C46H79O10P. The zero-order chi connectivity index (χ0) is 41.9. The number of esters is 2. The molecule has 0 heterocycles. The first-order valence-electron chi connectivity index (χ1n) is 21.9. The minimum atomic E-state index is -4.63. The van der Waals surface area contributed by atoms with E-state index in [9.17, 15) is 24.2 Å². The van der Waals surface area contributed by atoms with Crippen LogP contribution < -0.4 is 0 Å². The van der Waals surface area contributed by atoms with Crippen molar-refractivity contribution in [2.24, 2.45) is 0 Å². The standard InChI is InChI=1S/C46H79O10P/c1-3-5-7-9-11-13-15-17-19-21-23-25-27-29-31-33-35-37-45(49)53-41-44(42-55-57(51,52)54-40-43(48)39-47)56-46(50)38-36-34-32-30-28-26-24-22-20-18-16-14-12-10-8-6-4-2/h11-14,17-20,23-26,43-44,47-48H,3-10,15-16,21-22,27-42H2,1-2H3,(H,51,52)/b13-11-,14-12-,19-17-,20-18-,25-23-,26-24-/t43-,44+/m0/s1. The summed E-state index contributed by atoms with van der Waals surface area (Å²) in [6.07, 6.45) is 47.2. The molecule has 1 unspecified atom stereocenters. The Balaban J connectivity index is 4.40. The number of phosphoric ester groups is 1. The van der Waals surface area contributed by atoms with Crippen molar-refractivity contribution in [2.45, 2.75) is 180 Å². The molecule has 0 aromatic rings. The molecule has 11 heteroatoms. The molecule has 0 rings (SSSR count). The maximum absolute atomic E-state index is 12.6. The van der Waals surface area contributed by atoms with Crippen molar-refractivity contribution >= 4 is 19.8 Å². The highest BCUT2D eigenvalue weighted by atomic mass is 31.2. The SMILES string of the molecule is CCCCC/C=C\C/C=C\C/C=C\CCCCCCC(=O)OC[C@H](COP(=O)(O)OC[C@@H](O)CO)OC(=O)CCCCCC/C=C\C/C=C\C/C=C\CCCCC. The van der Waals surface area contributed by atoms with Gasteiger partial charge in [-0.25, -0.2) is 4.57 Å². The highest BCUT2D eigenvalue weighted by Crippen LogP contribution is 2.43. The predicted octanol–water partition coefficient (Wildman–Crippen LogP) is 11.7. The van der Waals surface area contributed by atoms with Gasteiger partial charge in [-0.15, -0.1) is 0 Å². The van der Waals surface area contributed by atoms with Crippen LogP contribution in [0.5, 0.6) is 0 Å². The van der Waals surface area contributed by atoms with Crippen molar-refractivity contribution in [3.8, 4) is 0 Å². The van der Waals surface area contributed by atoms with E-state index in [2.05, 4.69) is 91.3 Å². The molecule has 0 fully saturated rings. The molecule has 0 aliphatic heterocycles. The smallest absolute Gasteiger partial charge is 0.462 e. The van der Waals surface area contributed by atoms with Crippen molar-refractivity contribution in [3.63, 3.8) is 0 Å². The number of unbranched alkanes of at least 4 members (excludes halogenated alkanes) is 14. The lowest BCUT2D eigenvalue weighted by Crippen LogP contribution is -2.29. The van der Waals surface area contributed by atoms with Gasteiger partial charge in [-0.2, -0.15) is 0 Å². The molecule has 0 radical (unpaired) electrons. The van der Waals surface area contributed by atoms with Crippen LogP contribution in [-0.2, 0) is 32.7 Å². The van der Waals surface area contributed by atoms with E-state index in [-0.39, 0.29) is 19.4 Å². The third-order valence-electron chi connectivity index (χ3n) is 8.83. The summed E-state index contributed by atoms with van der Waals surface area (Å²) in [4.78, 5) is 35.0. The topological polar surface area (TPSA) is 149 Å². The number of rotatable bonds is 40. The zero-order valence-electron chi connectivity index (χ0n) is 35.5. The average Bonchev–Trinajstić information content (AvgIpc) is 3.20. The number of ether oxygens (including phenoxy) is 2. The minimum Gasteiger partial charge on any atom is -0.462 e. The number of carbonyl (C=O) groups is 2. The van der Waals surface area contributed by atoms with Crippen molar-refractivity contribution in [1.29, 1.82) is 0 Å². The lowest BCUT2D eigenvalue weighted by atomic mass is 10.1. The summed E-state index contributed by atoms with van der Waals surface area (Å²) in [6.45, 7) is 2.26. The monoisotopic (exact) mass is 823 g/mol. The largest absolute Gasteiger partial charge is 0.472 e. The first-order chi connectivity index (χ1) is 27.7. The van der Waals surface area contributed by atoms with Crippen LogP contribution in [0.2, 0.25) is 0 Å². The second-order valence-electron chi connectivity index (χ2n) is 14.4. The first-order valence-corrected chi connectivity index (χ1v) is 23.4. The van der Waals surface area contributed by atoms with E-state index in [1.165, 1.54) is 44.9 Å². The van der Waals surface area contributed by atoms with Crippen LogP contribution in [-0.4, -0.2) is 65.7 Å². The first kappa shape index (κ1) is 54.4. The molecular weight excluding hydrogens is 743 g/mol. The van der Waals surface area contributed by atoms with Crippen LogP contribution in [0, 0.1) is 0 Å². The highest BCUT2D eigenvalue weighted by molar-refractivity contribution is 7.47. The molecule has 0 aromatic heterocycles. The Morgan fingerprint density at radius 1 is 0.526 bits per heavy atom. The van der Waals surface area contributed by atoms with Crippen LogP contribution in [0.3, 0.4) is 0 Å². The Morgan fingerprint density at radius 3 is 1.35 bits per heavy atom. The third kappa shape index (κ3) is 41.4. The average molecular weight is 823 g/mol. The fourth-order valence-corrected chi connectivity index (χ4v) is 6.21. The van der Waals surface area contributed by atoms with E-state index in [1.54, 1.807) is 0 Å². The van der Waals surface area contributed by atoms with Crippen LogP contribution in [0.4, 0.5) is 0 Å². The molecule has 0 bridgehead atoms. The lowest BCUT2D eigenvalue weighted by Gasteiger charge is -2.20. The van der Waals surface area contributed by atoms with Crippen molar-refractivity contribution in [2.75, 3.05) is 26.4 Å². The van der Waals surface area contributed by atoms with Crippen LogP contribution in [0.1, 0.15) is 168 Å². The number of hydrogen-bond donors (Lipinski definition) is 3. The van der Waals surface area contributed by atoms with E-state index in [0.29, 0.717) is 12.8 Å². The summed E-state index contributed by atoms with van der Waals surface area (Å²) in [5.74, 6) is -0.981. The zero-order valence-corrected chi connectivity index (χ0v) is 36.4. The molecule has 0 saturated heterocycles. The van der Waals surface area contributed by atoms with Crippen LogP contribution in [0.25, 0.3) is 0 Å². The lowest BCUT2D eigenvalue weighted by molar-refractivity contribution is -0.161. The Bertz CT molecular complexity index is 1180. The fourth-order valence-electron chi connectivity index (χ4n) is 5.42. The molecule has 0 saturated carbocycles. The predicted molar refractivity (Wildman–Crippen MR) is 233 cm³/mol. The number of phosphoric acid groups is 1. The normalized spacial score (nSPS) is 14.5. The second-order valence-corrected chi connectivity index (χ2v) is 15.8. The van der Waals surface area contributed by atoms with Crippen molar-refractivity contribution in [3.05, 3.63) is 72.9 Å². The number of carbonyl (C=O) groups excluding carboxylic acids is 2. The van der Waals surface area contributed by atoms with E-state index in [4.69, 9.17) is 19.1 Å². The van der Waals surface area contributed by atoms with Gasteiger partial charge in [0.15, 0.2) is 6.10 Å². The minimum absolute atomic E-state index is 0.150. The number of aliphatic hydroxyl groups is 2. The van der Waals surface area contributed by atoms with Gasteiger partial charge < -0.3 is 24.6 Å². The molecule has 0 aliphatic rings. The summed E-state index contributed by atoms with van der Waals surface area (Å²) >= 11 is 0. The van der Waals surface area contributed by atoms with Crippen LogP contribution in [0.15, 0.2) is 72.9 Å². The summed E-state index contributed by atoms with van der Waals surface area (Å²) < 4.78 is 32.7. The molecule has 328 valence electrons. The molecule has 10 nitrogen and oxygen atoms in total. The number of aliphatic hydroxyl groups excluding tert-OH is 2. The maximum atomic E-state index is 12.6. The van der Waals surface area contributed by atoms with E-state index < -0.39 is 51.8 Å². The van der Waals surface area contributed by atoms with Gasteiger partial charge in [0, 0.05) is 12.8 Å². The molecule has 3 atom stereocenters. The van der Waals surface area contributed by atoms with Gasteiger partial charge in [0.2, 0.25) is 0 Å². The summed E-state index contributed by atoms with van der Waals surface area (Å²) in [6, 6.07) is 0. The number of allylic oxidation sites excluding steroid dienone is 12. The molecule has 57 heavy (non-hydrogen) atoms. The Labute approximate surface area is 346 Å². The van der Waals surface area contributed by atoms with Gasteiger partial charge in [-0.1, -0.05) is 138 Å².